The summed E-state index contributed by atoms with van der Waals surface area (Å²) in [5.74, 6) is -2.42. The van der Waals surface area contributed by atoms with Crippen LogP contribution in [0.15, 0.2) is 194 Å². The second-order valence-corrected chi connectivity index (χ2v) is 29.1. The van der Waals surface area contributed by atoms with Crippen LogP contribution in [0.2, 0.25) is 0 Å². The molecule has 19 heteroatoms. The van der Waals surface area contributed by atoms with Crippen LogP contribution < -0.4 is 0 Å². The Kier molecular flexibility index (Phi) is 74.5. The second kappa shape index (κ2) is 79.0. The lowest BCUT2D eigenvalue weighted by molar-refractivity contribution is -0.161. The summed E-state index contributed by atoms with van der Waals surface area (Å²) in [6, 6.07) is 0. The molecule has 0 bridgehead atoms. The average molecular weight is 1550 g/mol. The van der Waals surface area contributed by atoms with Crippen LogP contribution in [-0.2, 0) is 65.4 Å². The van der Waals surface area contributed by atoms with Crippen molar-refractivity contribution in [3.05, 3.63) is 194 Å². The highest BCUT2D eigenvalue weighted by Gasteiger charge is 2.30. The number of ether oxygens (including phenoxy) is 4. The predicted molar refractivity (Wildman–Crippen MR) is 445 cm³/mol. The third-order valence-electron chi connectivity index (χ3n) is 16.1. The molecule has 0 radical (unpaired) electrons. The molecule has 4 atom stereocenters. The maximum Gasteiger partial charge on any atom is 0.472 e. The molecule has 4 unspecified atom stereocenters. The van der Waals surface area contributed by atoms with E-state index in [4.69, 9.17) is 37.0 Å². The van der Waals surface area contributed by atoms with Gasteiger partial charge < -0.3 is 33.8 Å². The molecule has 0 heterocycles. The number of phosphoric acid groups is 2. The summed E-state index contributed by atoms with van der Waals surface area (Å²) in [6.07, 6.45) is 97.2. The van der Waals surface area contributed by atoms with Crippen LogP contribution in [0.25, 0.3) is 0 Å². The number of hydrogen-bond donors (Lipinski definition) is 3. The van der Waals surface area contributed by atoms with E-state index in [-0.39, 0.29) is 25.7 Å². The summed E-state index contributed by atoms with van der Waals surface area (Å²) in [5, 5.41) is 10.7. The zero-order valence-electron chi connectivity index (χ0n) is 66.7. The first-order valence-corrected chi connectivity index (χ1v) is 43.7. The highest BCUT2D eigenvalue weighted by molar-refractivity contribution is 7.47. The molecule has 0 aromatic carbocycles. The molecule has 0 spiro atoms. The van der Waals surface area contributed by atoms with Crippen molar-refractivity contribution in [3.8, 4) is 0 Å². The summed E-state index contributed by atoms with van der Waals surface area (Å²) in [4.78, 5) is 73.0. The Morgan fingerprint density at radius 2 is 0.500 bits per heavy atom. The zero-order chi connectivity index (χ0) is 78.9. The van der Waals surface area contributed by atoms with E-state index in [1.165, 1.54) is 38.5 Å². The van der Waals surface area contributed by atoms with E-state index >= 15 is 0 Å². The van der Waals surface area contributed by atoms with Crippen molar-refractivity contribution in [2.45, 2.75) is 303 Å². The van der Waals surface area contributed by atoms with Crippen LogP contribution in [0.4, 0.5) is 0 Å². The molecule has 0 fully saturated rings. The van der Waals surface area contributed by atoms with Crippen molar-refractivity contribution in [1.82, 2.24) is 0 Å². The molecule has 0 saturated carbocycles. The Morgan fingerprint density at radius 3 is 0.778 bits per heavy atom. The molecule has 108 heavy (non-hydrogen) atoms. The monoisotopic (exact) mass is 1540 g/mol. The number of aliphatic hydroxyl groups is 1. The number of aliphatic hydroxyl groups excluding tert-OH is 1. The number of carbonyl (C=O) groups excluding carboxylic acids is 4. The third-order valence-corrected chi connectivity index (χ3v) is 18.0. The standard InChI is InChI=1S/C89H142O17P2/c1-5-9-13-17-21-25-29-33-37-39-41-43-47-49-53-57-61-65-69-73-86(91)99-79-84(105-88(93)75-71-67-63-59-55-51-45-35-31-27-23-19-15-11-7-3)81-103-107(95,96)101-77-83(90)78-102-108(97,98)104-82-85(106-89(94)76-72-68-64-60-56-52-46-36-32-28-24-20-16-12-8-4)80-100-87(92)74-70-66-62-58-54-50-48-44-42-40-38-34-30-26-22-18-14-10-6-2/h9-10,13-14,21-28,33-38,41-46,49-50,53-54,61-62,65-66,83-85,90H,5-8,11-12,15-20,29-32,39-40,47-48,51-52,55-60,63-64,67-82H2,1-4H3,(H,95,96)(H,97,98)/b13-9-,14-10-,25-21-,26-22-,27-23-,28-24-,37-33-,38-34-,43-41-,44-42-,45-35-,46-36-,53-49-,54-50-,65-61-,66-62-. The lowest BCUT2D eigenvalue weighted by atomic mass is 10.1. The van der Waals surface area contributed by atoms with Crippen LogP contribution in [0.3, 0.4) is 0 Å². The van der Waals surface area contributed by atoms with Crippen LogP contribution in [0, 0.1) is 0 Å². The van der Waals surface area contributed by atoms with Crippen molar-refractivity contribution in [2.24, 2.45) is 0 Å². The summed E-state index contributed by atoms with van der Waals surface area (Å²) < 4.78 is 68.5. The quantitative estimate of drug-likeness (QED) is 0.0169. The van der Waals surface area contributed by atoms with E-state index in [1.54, 1.807) is 0 Å². The number of allylic oxidation sites excluding steroid dienone is 32. The van der Waals surface area contributed by atoms with Crippen molar-refractivity contribution < 1.29 is 80.2 Å². The van der Waals surface area contributed by atoms with Gasteiger partial charge in [0, 0.05) is 25.7 Å². The lowest BCUT2D eigenvalue weighted by Crippen LogP contribution is -2.30. The fourth-order valence-corrected chi connectivity index (χ4v) is 11.5. The van der Waals surface area contributed by atoms with Gasteiger partial charge in [-0.15, -0.1) is 0 Å². The molecule has 17 nitrogen and oxygen atoms in total. The molecule has 0 aromatic heterocycles. The molecular weight excluding hydrogens is 1400 g/mol. The SMILES string of the molecule is CC/C=C\C/C=C\C/C=C\C/C=C\C/C=C\C/C=C\CCC(=O)OCC(COP(=O)(O)OCC(O)COP(=O)(O)OCC(COC(=O)CC/C=C\C/C=C\C/C=C\C/C=C\C/C=C\C/C=C\CC)OC(=O)CCCCCCC/C=C\C/C=C\CCCCC)OC(=O)CCCCCCC/C=C\C/C=C\CCCCC. The minimum atomic E-state index is -5.01. The number of rotatable bonds is 74. The zero-order valence-corrected chi connectivity index (χ0v) is 68.5. The number of unbranched alkanes of at least 4 members (excludes halogenated alkanes) is 16. The molecule has 0 aliphatic rings. The number of phosphoric ester groups is 2. The van der Waals surface area contributed by atoms with E-state index in [1.807, 2.05) is 36.5 Å². The molecule has 610 valence electrons. The summed E-state index contributed by atoms with van der Waals surface area (Å²) >= 11 is 0. The fourth-order valence-electron chi connectivity index (χ4n) is 9.92. The highest BCUT2D eigenvalue weighted by Crippen LogP contribution is 2.45. The van der Waals surface area contributed by atoms with E-state index < -0.39 is 97.5 Å². The van der Waals surface area contributed by atoms with Crippen molar-refractivity contribution >= 4 is 39.5 Å². The average Bonchev–Trinajstić information content (AvgIpc) is 0.923. The Morgan fingerprint density at radius 1 is 0.269 bits per heavy atom. The fraction of sp³-hybridized carbons (Fsp3) is 0.596. The van der Waals surface area contributed by atoms with Gasteiger partial charge in [0.15, 0.2) is 12.2 Å². The van der Waals surface area contributed by atoms with Gasteiger partial charge >= 0.3 is 39.5 Å². The van der Waals surface area contributed by atoms with Gasteiger partial charge in [-0.05, 0) is 167 Å². The van der Waals surface area contributed by atoms with E-state index in [2.05, 4.69) is 186 Å². The van der Waals surface area contributed by atoms with Gasteiger partial charge in [0.1, 0.15) is 19.3 Å². The minimum absolute atomic E-state index is 0.0243. The Labute approximate surface area is 653 Å². The first kappa shape index (κ1) is 102. The lowest BCUT2D eigenvalue weighted by Gasteiger charge is -2.21. The molecular formula is C89H142O17P2. The van der Waals surface area contributed by atoms with Gasteiger partial charge in [-0.3, -0.25) is 37.3 Å². The summed E-state index contributed by atoms with van der Waals surface area (Å²) in [7, 11) is -10.0. The Bertz CT molecular complexity index is 2630. The van der Waals surface area contributed by atoms with Crippen LogP contribution >= 0.6 is 15.6 Å². The molecule has 0 saturated heterocycles. The first-order valence-electron chi connectivity index (χ1n) is 40.7. The first-order chi connectivity index (χ1) is 52.7. The molecule has 0 aliphatic carbocycles. The van der Waals surface area contributed by atoms with E-state index in [0.717, 1.165) is 154 Å². The van der Waals surface area contributed by atoms with Gasteiger partial charge in [-0.25, -0.2) is 9.13 Å². The van der Waals surface area contributed by atoms with Gasteiger partial charge in [0.05, 0.1) is 26.4 Å². The molecule has 0 amide bonds. The molecule has 0 rings (SSSR count). The van der Waals surface area contributed by atoms with E-state index in [9.17, 15) is 43.2 Å². The topological polar surface area (TPSA) is 237 Å². The van der Waals surface area contributed by atoms with Crippen LogP contribution in [0.5, 0.6) is 0 Å². The van der Waals surface area contributed by atoms with E-state index in [0.29, 0.717) is 38.5 Å². The summed E-state index contributed by atoms with van der Waals surface area (Å²) in [6.45, 7) is 4.37. The number of hydrogen-bond acceptors (Lipinski definition) is 15. The van der Waals surface area contributed by atoms with Crippen LogP contribution in [-0.4, -0.2) is 96.7 Å². The van der Waals surface area contributed by atoms with Gasteiger partial charge in [0.25, 0.3) is 0 Å². The third kappa shape index (κ3) is 78.0. The minimum Gasteiger partial charge on any atom is -0.462 e. The van der Waals surface area contributed by atoms with Gasteiger partial charge in [0.2, 0.25) is 0 Å². The van der Waals surface area contributed by atoms with Gasteiger partial charge in [-0.2, -0.15) is 0 Å². The Balaban J connectivity index is 5.54. The van der Waals surface area contributed by atoms with Crippen LogP contribution in [0.1, 0.15) is 285 Å². The maximum atomic E-state index is 13.1. The molecule has 3 N–H and O–H groups in total. The van der Waals surface area contributed by atoms with Crippen molar-refractivity contribution in [3.63, 3.8) is 0 Å². The predicted octanol–water partition coefficient (Wildman–Crippen LogP) is 24.1. The second-order valence-electron chi connectivity index (χ2n) is 26.2. The van der Waals surface area contributed by atoms with Crippen molar-refractivity contribution in [2.75, 3.05) is 39.6 Å². The normalized spacial score (nSPS) is 14.8. The van der Waals surface area contributed by atoms with Gasteiger partial charge in [-0.1, -0.05) is 286 Å². The molecule has 0 aromatic rings. The number of carbonyl (C=O) groups is 4. The smallest absolute Gasteiger partial charge is 0.462 e. The number of esters is 4. The Hall–Kier alpha value is -6.10. The maximum absolute atomic E-state index is 13.1. The largest absolute Gasteiger partial charge is 0.472 e. The van der Waals surface area contributed by atoms with Crippen molar-refractivity contribution in [1.29, 1.82) is 0 Å². The highest BCUT2D eigenvalue weighted by atomic mass is 31.2. The summed E-state index contributed by atoms with van der Waals surface area (Å²) in [5.41, 5.74) is 0. The molecule has 0 aliphatic heterocycles.